The fourth-order valence-corrected chi connectivity index (χ4v) is 4.89. The van der Waals surface area contributed by atoms with Crippen molar-refractivity contribution < 1.29 is 13.2 Å². The van der Waals surface area contributed by atoms with Crippen molar-refractivity contribution in [1.29, 1.82) is 0 Å². The summed E-state index contributed by atoms with van der Waals surface area (Å²) in [4.78, 5) is 1.05. The van der Waals surface area contributed by atoms with E-state index < -0.39 is 10.0 Å². The maximum absolute atomic E-state index is 12.6. The molecule has 0 saturated carbocycles. The van der Waals surface area contributed by atoms with Crippen molar-refractivity contribution in [2.45, 2.75) is 24.1 Å². The highest BCUT2D eigenvalue weighted by molar-refractivity contribution is 7.91. The summed E-state index contributed by atoms with van der Waals surface area (Å²) < 4.78 is 32.2. The van der Waals surface area contributed by atoms with Crippen LogP contribution in [0.5, 0.6) is 5.75 Å². The molecule has 0 amide bonds. The Morgan fingerprint density at radius 1 is 1.27 bits per heavy atom. The van der Waals surface area contributed by atoms with Crippen LogP contribution in [0.2, 0.25) is 5.02 Å². The molecule has 2 aromatic rings. The molecule has 7 heteroatoms. The number of aryl methyl sites for hydroxylation is 1. The molecular formula is C15H18ClNO3S2. The molecule has 0 fully saturated rings. The van der Waals surface area contributed by atoms with Gasteiger partial charge in [0.2, 0.25) is 0 Å². The molecule has 2 rings (SSSR count). The van der Waals surface area contributed by atoms with Crippen molar-refractivity contribution in [3.63, 3.8) is 0 Å². The molecule has 0 aliphatic heterocycles. The van der Waals surface area contributed by atoms with E-state index in [2.05, 4.69) is 0 Å². The van der Waals surface area contributed by atoms with Crippen LogP contribution in [0.1, 0.15) is 17.4 Å². The van der Waals surface area contributed by atoms with Gasteiger partial charge in [-0.2, -0.15) is 4.31 Å². The number of methoxy groups -OCH3 is 1. The lowest BCUT2D eigenvalue weighted by Crippen LogP contribution is -2.26. The lowest BCUT2D eigenvalue weighted by molar-refractivity contribution is 0.398. The minimum Gasteiger partial charge on any atom is -0.496 e. The number of benzene rings is 1. The fraction of sp³-hybridized carbons (Fsp3) is 0.333. The summed E-state index contributed by atoms with van der Waals surface area (Å²) in [5.74, 6) is 0.617. The highest BCUT2D eigenvalue weighted by Crippen LogP contribution is 2.28. The first-order chi connectivity index (χ1) is 10.4. The number of sulfonamides is 1. The quantitative estimate of drug-likeness (QED) is 0.788. The van der Waals surface area contributed by atoms with E-state index in [4.69, 9.17) is 16.3 Å². The first-order valence-corrected chi connectivity index (χ1v) is 9.39. The summed E-state index contributed by atoms with van der Waals surface area (Å²) in [6.07, 6.45) is 0.825. The molecule has 1 aromatic carbocycles. The molecule has 0 saturated heterocycles. The predicted octanol–water partition coefficient (Wildman–Crippen LogP) is 3.79. The molecule has 0 N–H and O–H groups in total. The Labute approximate surface area is 140 Å². The van der Waals surface area contributed by atoms with Crippen LogP contribution in [0.15, 0.2) is 34.5 Å². The number of hydrogen-bond acceptors (Lipinski definition) is 4. The van der Waals surface area contributed by atoms with E-state index in [0.29, 0.717) is 15.0 Å². The Hall–Kier alpha value is -1.08. The number of halogens is 1. The molecule has 0 spiro atoms. The lowest BCUT2D eigenvalue weighted by Gasteiger charge is -2.18. The minimum atomic E-state index is -3.51. The van der Waals surface area contributed by atoms with E-state index in [1.807, 2.05) is 13.0 Å². The molecule has 0 bridgehead atoms. The van der Waals surface area contributed by atoms with Gasteiger partial charge >= 0.3 is 0 Å². The lowest BCUT2D eigenvalue weighted by atomic mass is 10.2. The van der Waals surface area contributed by atoms with Gasteiger partial charge in [-0.25, -0.2) is 8.42 Å². The molecule has 1 heterocycles. The summed E-state index contributed by atoms with van der Waals surface area (Å²) in [6.45, 7) is 2.20. The van der Waals surface area contributed by atoms with Gasteiger partial charge < -0.3 is 4.74 Å². The first kappa shape index (κ1) is 17.3. The maximum Gasteiger partial charge on any atom is 0.252 e. The van der Waals surface area contributed by atoms with Crippen LogP contribution in [-0.4, -0.2) is 26.9 Å². The molecule has 0 atom stereocenters. The summed E-state index contributed by atoms with van der Waals surface area (Å²) in [5, 5.41) is 0.547. The van der Waals surface area contributed by atoms with Gasteiger partial charge in [0.1, 0.15) is 9.96 Å². The van der Waals surface area contributed by atoms with E-state index in [-0.39, 0.29) is 6.54 Å². The molecule has 0 unspecified atom stereocenters. The van der Waals surface area contributed by atoms with Gasteiger partial charge in [-0.05, 0) is 36.8 Å². The Kier molecular flexibility index (Phi) is 5.50. The van der Waals surface area contributed by atoms with Crippen molar-refractivity contribution in [1.82, 2.24) is 4.31 Å². The number of ether oxygens (including phenoxy) is 1. The topological polar surface area (TPSA) is 46.6 Å². The second-order valence-corrected chi connectivity index (χ2v) is 8.67. The SMILES string of the molecule is CCc1ccc(S(=O)(=O)N(C)Cc2cc(Cl)ccc2OC)s1. The van der Waals surface area contributed by atoms with E-state index in [9.17, 15) is 8.42 Å². The number of hydrogen-bond donors (Lipinski definition) is 0. The van der Waals surface area contributed by atoms with Gasteiger partial charge in [0.05, 0.1) is 7.11 Å². The predicted molar refractivity (Wildman–Crippen MR) is 90.4 cm³/mol. The zero-order chi connectivity index (χ0) is 16.3. The third-order valence-corrected chi connectivity index (χ3v) is 7.02. The van der Waals surface area contributed by atoms with Gasteiger partial charge in [-0.1, -0.05) is 18.5 Å². The zero-order valence-electron chi connectivity index (χ0n) is 12.7. The van der Waals surface area contributed by atoms with E-state index >= 15 is 0 Å². The average molecular weight is 360 g/mol. The summed E-state index contributed by atoms with van der Waals surface area (Å²) in [5.41, 5.74) is 0.730. The van der Waals surface area contributed by atoms with E-state index in [0.717, 1.165) is 16.9 Å². The van der Waals surface area contributed by atoms with Crippen LogP contribution in [0.3, 0.4) is 0 Å². The monoisotopic (exact) mass is 359 g/mol. The van der Waals surface area contributed by atoms with Crippen LogP contribution < -0.4 is 4.74 Å². The second-order valence-electron chi connectivity index (χ2n) is 4.79. The highest BCUT2D eigenvalue weighted by Gasteiger charge is 2.23. The van der Waals surface area contributed by atoms with Crippen molar-refractivity contribution in [2.75, 3.05) is 14.2 Å². The second kappa shape index (κ2) is 7.00. The van der Waals surface area contributed by atoms with Crippen LogP contribution in [0.25, 0.3) is 0 Å². The van der Waals surface area contributed by atoms with Crippen molar-refractivity contribution in [3.05, 3.63) is 45.8 Å². The molecule has 0 radical (unpaired) electrons. The standard InChI is InChI=1S/C15H18ClNO3S2/c1-4-13-6-8-15(21-13)22(18,19)17(2)10-11-9-12(16)5-7-14(11)20-3/h5-9H,4,10H2,1-3H3. The third-order valence-electron chi connectivity index (χ3n) is 3.29. The summed E-state index contributed by atoms with van der Waals surface area (Å²) >= 11 is 7.29. The largest absolute Gasteiger partial charge is 0.496 e. The number of thiophene rings is 1. The van der Waals surface area contributed by atoms with Crippen LogP contribution in [0, 0.1) is 0 Å². The van der Waals surface area contributed by atoms with Crippen molar-refractivity contribution >= 4 is 33.0 Å². The molecule has 120 valence electrons. The molecule has 1 aromatic heterocycles. The maximum atomic E-state index is 12.6. The molecule has 0 aliphatic rings. The molecule has 22 heavy (non-hydrogen) atoms. The van der Waals surface area contributed by atoms with Crippen molar-refractivity contribution in [2.24, 2.45) is 0 Å². The minimum absolute atomic E-state index is 0.200. The third kappa shape index (κ3) is 3.63. The normalized spacial score (nSPS) is 11.9. The van der Waals surface area contributed by atoms with Gasteiger partial charge in [0, 0.05) is 29.1 Å². The van der Waals surface area contributed by atoms with E-state index in [1.165, 1.54) is 15.6 Å². The molecule has 4 nitrogen and oxygen atoms in total. The Balaban J connectivity index is 2.28. The number of nitrogens with zero attached hydrogens (tertiary/aromatic N) is 1. The molecule has 0 aliphatic carbocycles. The van der Waals surface area contributed by atoms with Crippen LogP contribution in [0.4, 0.5) is 0 Å². The first-order valence-electron chi connectivity index (χ1n) is 6.76. The average Bonchev–Trinajstić information content (AvgIpc) is 2.97. The van der Waals surface area contributed by atoms with Gasteiger partial charge in [0.15, 0.2) is 0 Å². The zero-order valence-corrected chi connectivity index (χ0v) is 15.1. The summed E-state index contributed by atoms with van der Waals surface area (Å²) in [6, 6.07) is 8.68. The Bertz CT molecular complexity index is 756. The van der Waals surface area contributed by atoms with Gasteiger partial charge in [0.25, 0.3) is 10.0 Å². The summed E-state index contributed by atoms with van der Waals surface area (Å²) in [7, 11) is -0.405. The van der Waals surface area contributed by atoms with E-state index in [1.54, 1.807) is 38.4 Å². The van der Waals surface area contributed by atoms with Gasteiger partial charge in [-0.3, -0.25) is 0 Å². The van der Waals surface area contributed by atoms with Gasteiger partial charge in [-0.15, -0.1) is 11.3 Å². The van der Waals surface area contributed by atoms with Crippen molar-refractivity contribution in [3.8, 4) is 5.75 Å². The fourth-order valence-electron chi connectivity index (χ4n) is 2.04. The smallest absolute Gasteiger partial charge is 0.252 e. The highest BCUT2D eigenvalue weighted by atomic mass is 35.5. The van der Waals surface area contributed by atoms with Crippen LogP contribution in [-0.2, 0) is 23.0 Å². The Morgan fingerprint density at radius 3 is 2.59 bits per heavy atom. The number of rotatable bonds is 6. The molecular weight excluding hydrogens is 342 g/mol. The van der Waals surface area contributed by atoms with Crippen LogP contribution >= 0.6 is 22.9 Å². The Morgan fingerprint density at radius 2 is 2.00 bits per heavy atom.